The Bertz CT molecular complexity index is 907. The molecule has 132 valence electrons. The lowest BCUT2D eigenvalue weighted by Gasteiger charge is -2.28. The Kier molecular flexibility index (Phi) is 4.79. The van der Waals surface area contributed by atoms with Crippen molar-refractivity contribution < 1.29 is 19.1 Å². The molecule has 2 aromatic carbocycles. The fourth-order valence-corrected chi connectivity index (χ4v) is 2.58. The third-order valence-electron chi connectivity index (χ3n) is 3.99. The number of barbiturate groups is 1. The van der Waals surface area contributed by atoms with Crippen LogP contribution in [0.3, 0.4) is 0 Å². The van der Waals surface area contributed by atoms with Crippen molar-refractivity contribution in [1.29, 1.82) is 0 Å². The molecule has 4 amide bonds. The minimum absolute atomic E-state index is 0.314. The van der Waals surface area contributed by atoms with Gasteiger partial charge in [0.25, 0.3) is 5.91 Å². The molecule has 0 radical (unpaired) electrons. The van der Waals surface area contributed by atoms with Crippen molar-refractivity contribution in [2.45, 2.75) is 6.92 Å². The molecule has 26 heavy (non-hydrogen) atoms. The van der Waals surface area contributed by atoms with Crippen molar-refractivity contribution in [3.63, 3.8) is 0 Å². The predicted octanol–water partition coefficient (Wildman–Crippen LogP) is 2.61. The van der Waals surface area contributed by atoms with Crippen LogP contribution in [0.5, 0.6) is 5.75 Å². The smallest absolute Gasteiger partial charge is 0.335 e. The molecule has 0 unspecified atom stereocenters. The van der Waals surface area contributed by atoms with Gasteiger partial charge in [-0.15, -0.1) is 0 Å². The molecule has 0 aromatic heterocycles. The van der Waals surface area contributed by atoms with Gasteiger partial charge < -0.3 is 4.74 Å². The first-order chi connectivity index (χ1) is 12.5. The van der Waals surface area contributed by atoms with Crippen LogP contribution in [-0.2, 0) is 9.59 Å². The van der Waals surface area contributed by atoms with E-state index in [1.807, 2.05) is 25.1 Å². The number of aryl methyl sites for hydroxylation is 1. The summed E-state index contributed by atoms with van der Waals surface area (Å²) >= 11 is 0. The molecule has 7 nitrogen and oxygen atoms in total. The summed E-state index contributed by atoms with van der Waals surface area (Å²) in [6.07, 6.45) is 1.26. The van der Waals surface area contributed by atoms with E-state index >= 15 is 0 Å². The van der Waals surface area contributed by atoms with Crippen molar-refractivity contribution in [3.8, 4) is 5.75 Å². The number of amides is 4. The maximum atomic E-state index is 12.8. The van der Waals surface area contributed by atoms with Crippen molar-refractivity contribution in [2.24, 2.45) is 10.9 Å². The number of ether oxygens (including phenoxy) is 1. The summed E-state index contributed by atoms with van der Waals surface area (Å²) in [4.78, 5) is 42.2. The number of aliphatic imine (C=N–C) groups is 1. The number of methoxy groups -OCH3 is 1. The fourth-order valence-electron chi connectivity index (χ4n) is 2.58. The molecule has 1 aliphatic heterocycles. The molecule has 0 aliphatic carbocycles. The first-order valence-electron chi connectivity index (χ1n) is 7.94. The Balaban J connectivity index is 1.91. The maximum absolute atomic E-state index is 12.8. The highest BCUT2D eigenvalue weighted by Crippen LogP contribution is 2.25. The summed E-state index contributed by atoms with van der Waals surface area (Å²) in [5, 5.41) is 2.19. The van der Waals surface area contributed by atoms with Crippen LogP contribution in [-0.4, -0.2) is 31.2 Å². The number of urea groups is 1. The van der Waals surface area contributed by atoms with Gasteiger partial charge >= 0.3 is 6.03 Å². The standard InChI is InChI=1S/C19H17N3O4/c1-12-6-3-4-9-16(12)20-11-15-17(23)21-19(25)22(18(15)24)13-7-5-8-14(10-13)26-2/h3-11,15H,1-2H3,(H,21,23,25)/t15-/m1/s1. The summed E-state index contributed by atoms with van der Waals surface area (Å²) in [7, 11) is 1.48. The molecule has 1 aliphatic rings. The first kappa shape index (κ1) is 17.3. The molecule has 1 heterocycles. The van der Waals surface area contributed by atoms with Crippen LogP contribution in [0.25, 0.3) is 0 Å². The molecular weight excluding hydrogens is 334 g/mol. The average molecular weight is 351 g/mol. The van der Waals surface area contributed by atoms with E-state index in [1.54, 1.807) is 30.3 Å². The van der Waals surface area contributed by atoms with Crippen molar-refractivity contribution >= 4 is 35.4 Å². The number of carbonyl (C=O) groups excluding carboxylic acids is 3. The molecule has 3 rings (SSSR count). The van der Waals surface area contributed by atoms with Crippen molar-refractivity contribution in [3.05, 3.63) is 54.1 Å². The number of nitrogens with zero attached hydrogens (tertiary/aromatic N) is 2. The molecular formula is C19H17N3O4. The zero-order valence-electron chi connectivity index (χ0n) is 14.3. The molecule has 0 saturated carbocycles. The molecule has 0 spiro atoms. The topological polar surface area (TPSA) is 88.1 Å². The Hall–Kier alpha value is -3.48. The third-order valence-corrected chi connectivity index (χ3v) is 3.99. The van der Waals surface area contributed by atoms with Crippen LogP contribution < -0.4 is 15.0 Å². The fraction of sp³-hybridized carbons (Fsp3) is 0.158. The van der Waals surface area contributed by atoms with E-state index in [1.165, 1.54) is 13.3 Å². The SMILES string of the molecule is COc1cccc(N2C(=O)NC(=O)[C@@H](C=Nc3ccccc3C)C2=O)c1. The number of hydrogen-bond acceptors (Lipinski definition) is 5. The van der Waals surface area contributed by atoms with Gasteiger partial charge in [0.2, 0.25) is 5.91 Å². The molecule has 1 saturated heterocycles. The quantitative estimate of drug-likeness (QED) is 0.677. The molecule has 2 aromatic rings. The summed E-state index contributed by atoms with van der Waals surface area (Å²) < 4.78 is 5.12. The highest BCUT2D eigenvalue weighted by atomic mass is 16.5. The second-order valence-corrected chi connectivity index (χ2v) is 5.71. The normalized spacial score (nSPS) is 17.5. The third kappa shape index (κ3) is 3.32. The number of rotatable bonds is 4. The predicted molar refractivity (Wildman–Crippen MR) is 96.8 cm³/mol. The number of anilines is 1. The van der Waals surface area contributed by atoms with E-state index < -0.39 is 23.8 Å². The van der Waals surface area contributed by atoms with Crippen molar-refractivity contribution in [1.82, 2.24) is 5.32 Å². The van der Waals surface area contributed by atoms with Crippen molar-refractivity contribution in [2.75, 3.05) is 12.0 Å². The van der Waals surface area contributed by atoms with Gasteiger partial charge in [-0.3, -0.25) is 19.9 Å². The molecule has 7 heteroatoms. The zero-order chi connectivity index (χ0) is 18.7. The van der Waals surface area contributed by atoms with E-state index in [4.69, 9.17) is 4.74 Å². The van der Waals surface area contributed by atoms with Crippen LogP contribution in [0.1, 0.15) is 5.56 Å². The number of imide groups is 2. The van der Waals surface area contributed by atoms with Crippen LogP contribution in [0.2, 0.25) is 0 Å². The second kappa shape index (κ2) is 7.18. The van der Waals surface area contributed by atoms with Gasteiger partial charge in [0, 0.05) is 12.3 Å². The van der Waals surface area contributed by atoms with E-state index in [2.05, 4.69) is 10.3 Å². The van der Waals surface area contributed by atoms with E-state index in [0.29, 0.717) is 17.1 Å². The second-order valence-electron chi connectivity index (χ2n) is 5.71. The Morgan fingerprint density at radius 1 is 1.12 bits per heavy atom. The molecule has 1 N–H and O–H groups in total. The lowest BCUT2D eigenvalue weighted by molar-refractivity contribution is -0.131. The largest absolute Gasteiger partial charge is 0.497 e. The zero-order valence-corrected chi connectivity index (χ0v) is 14.3. The summed E-state index contributed by atoms with van der Waals surface area (Å²) in [5.41, 5.74) is 1.87. The van der Waals surface area contributed by atoms with Gasteiger partial charge in [-0.2, -0.15) is 0 Å². The van der Waals surface area contributed by atoms with Gasteiger partial charge in [-0.1, -0.05) is 24.3 Å². The van der Waals surface area contributed by atoms with E-state index in [9.17, 15) is 14.4 Å². The Morgan fingerprint density at radius 2 is 1.88 bits per heavy atom. The highest BCUT2D eigenvalue weighted by molar-refractivity contribution is 6.32. The minimum atomic E-state index is -1.20. The number of para-hydroxylation sites is 1. The van der Waals surface area contributed by atoms with Crippen LogP contribution >= 0.6 is 0 Å². The molecule has 1 fully saturated rings. The minimum Gasteiger partial charge on any atom is -0.497 e. The van der Waals surface area contributed by atoms with Gasteiger partial charge in [0.1, 0.15) is 5.75 Å². The first-order valence-corrected chi connectivity index (χ1v) is 7.94. The Morgan fingerprint density at radius 3 is 2.62 bits per heavy atom. The van der Waals surface area contributed by atoms with Gasteiger partial charge in [0.15, 0.2) is 5.92 Å². The van der Waals surface area contributed by atoms with Crippen LogP contribution in [0.4, 0.5) is 16.2 Å². The Labute approximate surface area is 150 Å². The monoisotopic (exact) mass is 351 g/mol. The van der Waals surface area contributed by atoms with Gasteiger partial charge in [-0.05, 0) is 30.7 Å². The van der Waals surface area contributed by atoms with Crippen LogP contribution in [0, 0.1) is 12.8 Å². The molecule has 0 bridgehead atoms. The number of nitrogens with one attached hydrogen (secondary N) is 1. The number of hydrogen-bond donors (Lipinski definition) is 1. The average Bonchev–Trinajstić information content (AvgIpc) is 2.63. The van der Waals surface area contributed by atoms with Crippen LogP contribution in [0.15, 0.2) is 53.5 Å². The summed E-state index contributed by atoms with van der Waals surface area (Å²) in [5.74, 6) is -2.07. The van der Waals surface area contributed by atoms with E-state index in [-0.39, 0.29) is 0 Å². The molecule has 1 atom stereocenters. The maximum Gasteiger partial charge on any atom is 0.335 e. The van der Waals surface area contributed by atoms with E-state index in [0.717, 1.165) is 10.5 Å². The van der Waals surface area contributed by atoms with Gasteiger partial charge in [0.05, 0.1) is 18.5 Å². The number of benzene rings is 2. The number of carbonyl (C=O) groups is 3. The summed E-state index contributed by atoms with van der Waals surface area (Å²) in [6, 6.07) is 13.0. The van der Waals surface area contributed by atoms with Gasteiger partial charge in [-0.25, -0.2) is 9.69 Å². The lowest BCUT2D eigenvalue weighted by atomic mass is 10.1. The summed E-state index contributed by atoms with van der Waals surface area (Å²) in [6.45, 7) is 1.88. The highest BCUT2D eigenvalue weighted by Gasteiger charge is 2.40. The lowest BCUT2D eigenvalue weighted by Crippen LogP contribution is -2.58.